The fourth-order valence-corrected chi connectivity index (χ4v) is 2.03. The Morgan fingerprint density at radius 2 is 1.56 bits per heavy atom. The first-order valence-corrected chi connectivity index (χ1v) is 8.40. The lowest BCUT2D eigenvalue weighted by Gasteiger charge is -2.21. The molecule has 0 heterocycles. The molecule has 0 saturated heterocycles. The lowest BCUT2D eigenvalue weighted by Crippen LogP contribution is -2.52. The van der Waals surface area contributed by atoms with Gasteiger partial charge in [0, 0.05) is 0 Å². The van der Waals surface area contributed by atoms with Crippen molar-refractivity contribution in [1.82, 2.24) is 16.0 Å². The number of aliphatic carboxylic acids is 1. The zero-order valence-corrected chi connectivity index (χ0v) is 15.3. The highest BCUT2D eigenvalue weighted by atomic mass is 16.4. The standard InChI is InChI=1S/C16H30N4O5/c1-5-10(4)14(17)16(25)18-7-12(21)20-11(6-9(2)3)15(24)19-8-13(22)23/h9-11,14H,5-8,17H2,1-4H3,(H,18,25)(H,19,24)(H,20,21)(H,22,23). The maximum Gasteiger partial charge on any atom is 0.322 e. The van der Waals surface area contributed by atoms with E-state index in [9.17, 15) is 19.2 Å². The summed E-state index contributed by atoms with van der Waals surface area (Å²) in [4.78, 5) is 46.4. The van der Waals surface area contributed by atoms with E-state index in [2.05, 4.69) is 16.0 Å². The fourth-order valence-electron chi connectivity index (χ4n) is 2.03. The Morgan fingerprint density at radius 3 is 2.04 bits per heavy atom. The van der Waals surface area contributed by atoms with Gasteiger partial charge in [0.2, 0.25) is 17.7 Å². The molecule has 0 aliphatic heterocycles. The van der Waals surface area contributed by atoms with E-state index in [0.29, 0.717) is 6.42 Å². The summed E-state index contributed by atoms with van der Waals surface area (Å²) >= 11 is 0. The summed E-state index contributed by atoms with van der Waals surface area (Å²) in [6.45, 7) is 6.67. The highest BCUT2D eigenvalue weighted by Crippen LogP contribution is 2.06. The second-order valence-electron chi connectivity index (χ2n) is 6.49. The lowest BCUT2D eigenvalue weighted by atomic mass is 9.99. The third-order valence-electron chi connectivity index (χ3n) is 3.76. The third kappa shape index (κ3) is 9.65. The Labute approximate surface area is 148 Å². The number of nitrogens with two attached hydrogens (primary N) is 1. The van der Waals surface area contributed by atoms with Gasteiger partial charge in [0.25, 0.3) is 0 Å². The third-order valence-corrected chi connectivity index (χ3v) is 3.76. The average molecular weight is 358 g/mol. The van der Waals surface area contributed by atoms with Crippen LogP contribution in [0, 0.1) is 11.8 Å². The molecule has 25 heavy (non-hydrogen) atoms. The zero-order valence-electron chi connectivity index (χ0n) is 15.3. The van der Waals surface area contributed by atoms with Gasteiger partial charge in [0.15, 0.2) is 0 Å². The summed E-state index contributed by atoms with van der Waals surface area (Å²) < 4.78 is 0. The Bertz CT molecular complexity index is 481. The maximum atomic E-state index is 12.0. The summed E-state index contributed by atoms with van der Waals surface area (Å²) in [7, 11) is 0. The van der Waals surface area contributed by atoms with Gasteiger partial charge in [0.1, 0.15) is 12.6 Å². The van der Waals surface area contributed by atoms with Crippen molar-refractivity contribution in [2.24, 2.45) is 17.6 Å². The molecule has 0 aromatic rings. The fraction of sp³-hybridized carbons (Fsp3) is 0.750. The molecule has 3 atom stereocenters. The molecule has 0 bridgehead atoms. The van der Waals surface area contributed by atoms with E-state index in [-0.39, 0.29) is 18.4 Å². The molecule has 144 valence electrons. The van der Waals surface area contributed by atoms with Crippen LogP contribution in [-0.4, -0.2) is 54.0 Å². The number of nitrogens with one attached hydrogen (secondary N) is 3. The van der Waals surface area contributed by atoms with Gasteiger partial charge in [-0.05, 0) is 18.3 Å². The molecule has 0 rings (SSSR count). The summed E-state index contributed by atoms with van der Waals surface area (Å²) in [5.74, 6) is -2.63. The van der Waals surface area contributed by atoms with Crippen LogP contribution in [0.4, 0.5) is 0 Å². The molecule has 0 aromatic heterocycles. The van der Waals surface area contributed by atoms with Crippen molar-refractivity contribution in [3.8, 4) is 0 Å². The first kappa shape index (κ1) is 22.8. The minimum atomic E-state index is -1.17. The Hall–Kier alpha value is -2.16. The Morgan fingerprint density at radius 1 is 1.00 bits per heavy atom. The molecule has 6 N–H and O–H groups in total. The van der Waals surface area contributed by atoms with Crippen molar-refractivity contribution >= 4 is 23.7 Å². The second-order valence-corrected chi connectivity index (χ2v) is 6.49. The van der Waals surface area contributed by atoms with Crippen molar-refractivity contribution in [2.45, 2.75) is 52.6 Å². The predicted octanol–water partition coefficient (Wildman–Crippen LogP) is -0.792. The molecule has 0 fully saturated rings. The molecule has 0 aromatic carbocycles. The highest BCUT2D eigenvalue weighted by molar-refractivity contribution is 5.91. The van der Waals surface area contributed by atoms with Crippen LogP contribution in [0.5, 0.6) is 0 Å². The molecule has 0 spiro atoms. The molecule has 0 saturated carbocycles. The Balaban J connectivity index is 4.58. The van der Waals surface area contributed by atoms with Crippen molar-refractivity contribution in [2.75, 3.05) is 13.1 Å². The van der Waals surface area contributed by atoms with E-state index in [0.717, 1.165) is 6.42 Å². The van der Waals surface area contributed by atoms with Crippen molar-refractivity contribution in [3.05, 3.63) is 0 Å². The van der Waals surface area contributed by atoms with E-state index >= 15 is 0 Å². The smallest absolute Gasteiger partial charge is 0.322 e. The van der Waals surface area contributed by atoms with Gasteiger partial charge in [-0.15, -0.1) is 0 Å². The molecule has 0 aliphatic carbocycles. The number of amides is 3. The summed E-state index contributed by atoms with van der Waals surface area (Å²) in [5.41, 5.74) is 5.78. The van der Waals surface area contributed by atoms with Crippen LogP contribution in [-0.2, 0) is 19.2 Å². The minimum absolute atomic E-state index is 0.0152. The summed E-state index contributed by atoms with van der Waals surface area (Å²) in [6.07, 6.45) is 1.08. The van der Waals surface area contributed by atoms with Gasteiger partial charge < -0.3 is 26.8 Å². The minimum Gasteiger partial charge on any atom is -0.480 e. The van der Waals surface area contributed by atoms with Crippen LogP contribution in [0.3, 0.4) is 0 Å². The molecule has 3 amide bonds. The van der Waals surface area contributed by atoms with Crippen LogP contribution in [0.2, 0.25) is 0 Å². The average Bonchev–Trinajstić information content (AvgIpc) is 2.54. The molecular formula is C16H30N4O5. The Kier molecular flexibility index (Phi) is 10.4. The van der Waals surface area contributed by atoms with Crippen molar-refractivity contribution in [3.63, 3.8) is 0 Å². The summed E-state index contributed by atoms with van der Waals surface area (Å²) in [6, 6.07) is -1.57. The van der Waals surface area contributed by atoms with E-state index in [1.165, 1.54) is 0 Å². The van der Waals surface area contributed by atoms with Gasteiger partial charge in [-0.3, -0.25) is 19.2 Å². The first-order chi connectivity index (χ1) is 11.6. The van der Waals surface area contributed by atoms with E-state index in [1.807, 2.05) is 27.7 Å². The zero-order chi connectivity index (χ0) is 19.6. The lowest BCUT2D eigenvalue weighted by molar-refractivity contribution is -0.138. The molecule has 9 nitrogen and oxygen atoms in total. The molecule has 3 unspecified atom stereocenters. The van der Waals surface area contributed by atoms with Crippen molar-refractivity contribution in [1.29, 1.82) is 0 Å². The number of rotatable bonds is 11. The summed E-state index contributed by atoms with van der Waals surface area (Å²) in [5, 5.41) is 15.8. The topological polar surface area (TPSA) is 151 Å². The largest absolute Gasteiger partial charge is 0.480 e. The number of carboxylic acid groups (broad SMARTS) is 1. The SMILES string of the molecule is CCC(C)C(N)C(=O)NCC(=O)NC(CC(C)C)C(=O)NCC(=O)O. The van der Waals surface area contributed by atoms with Crippen LogP contribution in [0.25, 0.3) is 0 Å². The molecule has 0 aliphatic rings. The maximum absolute atomic E-state index is 12.0. The number of carboxylic acids is 1. The number of carbonyl (C=O) groups excluding carboxylic acids is 3. The van der Waals surface area contributed by atoms with Gasteiger partial charge in [0.05, 0.1) is 12.6 Å². The first-order valence-electron chi connectivity index (χ1n) is 8.40. The van der Waals surface area contributed by atoms with Gasteiger partial charge >= 0.3 is 5.97 Å². The van der Waals surface area contributed by atoms with Crippen LogP contribution >= 0.6 is 0 Å². The number of hydrogen-bond donors (Lipinski definition) is 5. The number of hydrogen-bond acceptors (Lipinski definition) is 5. The molecule has 9 heteroatoms. The van der Waals surface area contributed by atoms with Crippen LogP contribution in [0.1, 0.15) is 40.5 Å². The van der Waals surface area contributed by atoms with E-state index in [4.69, 9.17) is 10.8 Å². The van der Waals surface area contributed by atoms with Crippen molar-refractivity contribution < 1.29 is 24.3 Å². The highest BCUT2D eigenvalue weighted by Gasteiger charge is 2.24. The molecule has 0 radical (unpaired) electrons. The van der Waals surface area contributed by atoms with Gasteiger partial charge in [-0.25, -0.2) is 0 Å². The van der Waals surface area contributed by atoms with Crippen LogP contribution in [0.15, 0.2) is 0 Å². The van der Waals surface area contributed by atoms with Gasteiger partial charge in [-0.2, -0.15) is 0 Å². The molecular weight excluding hydrogens is 328 g/mol. The van der Waals surface area contributed by atoms with Gasteiger partial charge in [-0.1, -0.05) is 34.1 Å². The predicted molar refractivity (Wildman–Crippen MR) is 92.5 cm³/mol. The second kappa shape index (κ2) is 11.4. The normalized spacial score (nSPS) is 14.3. The van der Waals surface area contributed by atoms with Crippen LogP contribution < -0.4 is 21.7 Å². The van der Waals surface area contributed by atoms with E-state index < -0.39 is 42.3 Å². The number of carbonyl (C=O) groups is 4. The van der Waals surface area contributed by atoms with E-state index in [1.54, 1.807) is 0 Å². The quantitative estimate of drug-likeness (QED) is 0.326. The monoisotopic (exact) mass is 358 g/mol.